The van der Waals surface area contributed by atoms with Crippen LogP contribution in [0.5, 0.6) is 0 Å². The molecule has 2 unspecified atom stereocenters. The lowest BCUT2D eigenvalue weighted by Crippen LogP contribution is -2.16. The van der Waals surface area contributed by atoms with Crippen molar-refractivity contribution in [1.29, 1.82) is 0 Å². The van der Waals surface area contributed by atoms with Crippen molar-refractivity contribution >= 4 is 22.8 Å². The number of rotatable bonds is 9. The number of ether oxygens (including phenoxy) is 1. The zero-order chi connectivity index (χ0) is 14.0. The molecule has 0 saturated carbocycles. The fourth-order valence-electron chi connectivity index (χ4n) is 1.63. The quantitative estimate of drug-likeness (QED) is 0.366. The summed E-state index contributed by atoms with van der Waals surface area (Å²) >= 11 is 5.46. The summed E-state index contributed by atoms with van der Waals surface area (Å²) in [6.45, 7) is 6.12. The number of carbonyl (C=O) groups is 2. The number of esters is 1. The smallest absolute Gasteiger partial charge is 0.309 e. The maximum atomic E-state index is 11.5. The minimum atomic E-state index is -0.292. The van der Waals surface area contributed by atoms with Gasteiger partial charge in [0.25, 0.3) is 0 Å². The number of hydrogen-bond donors (Lipinski definition) is 0. The van der Waals surface area contributed by atoms with E-state index in [2.05, 4.69) is 0 Å². The third kappa shape index (κ3) is 6.80. The number of carbonyl (C=O) groups excluding carboxylic acids is 2. The van der Waals surface area contributed by atoms with Crippen LogP contribution in [0.1, 0.15) is 46.5 Å². The molecule has 104 valence electrons. The molecule has 0 aromatic heterocycles. The van der Waals surface area contributed by atoms with Crippen LogP contribution in [0.25, 0.3) is 0 Å². The van der Waals surface area contributed by atoms with E-state index >= 15 is 0 Å². The third-order valence-corrected chi connectivity index (χ3v) is 3.24. The second-order valence-corrected chi connectivity index (χ2v) is 4.58. The molecule has 0 aliphatic carbocycles. The van der Waals surface area contributed by atoms with Gasteiger partial charge in [0.2, 0.25) is 5.24 Å². The van der Waals surface area contributed by atoms with E-state index < -0.39 is 0 Å². The van der Waals surface area contributed by atoms with E-state index in [0.29, 0.717) is 19.4 Å². The summed E-state index contributed by atoms with van der Waals surface area (Å²) in [5, 5.41) is -0.292. The van der Waals surface area contributed by atoms with E-state index in [1.165, 1.54) is 0 Å². The highest BCUT2D eigenvalue weighted by molar-refractivity contribution is 6.63. The van der Waals surface area contributed by atoms with Crippen LogP contribution in [0.3, 0.4) is 0 Å². The van der Waals surface area contributed by atoms with Gasteiger partial charge in [0.15, 0.2) is 0 Å². The number of hydrogen-bond acceptors (Lipinski definition) is 3. The minimum absolute atomic E-state index is 0.0898. The van der Waals surface area contributed by atoms with Crippen molar-refractivity contribution in [2.75, 3.05) is 6.61 Å². The number of allylic oxidation sites excluding steroid dienone is 2. The van der Waals surface area contributed by atoms with Crippen molar-refractivity contribution in [2.24, 2.45) is 11.8 Å². The predicted octanol–water partition coefficient (Wildman–Crippen LogP) is 3.70. The topological polar surface area (TPSA) is 43.4 Å². The van der Waals surface area contributed by atoms with Gasteiger partial charge in [-0.25, -0.2) is 0 Å². The molecule has 0 aromatic carbocycles. The van der Waals surface area contributed by atoms with Gasteiger partial charge in [-0.15, -0.1) is 0 Å². The first-order valence-electron chi connectivity index (χ1n) is 6.57. The highest BCUT2D eigenvalue weighted by atomic mass is 35.5. The maximum Gasteiger partial charge on any atom is 0.309 e. The highest BCUT2D eigenvalue weighted by Crippen LogP contribution is 2.15. The summed E-state index contributed by atoms with van der Waals surface area (Å²) in [5.41, 5.74) is 0. The Hall–Kier alpha value is -0.830. The van der Waals surface area contributed by atoms with E-state index in [1.807, 2.05) is 26.0 Å². The standard InChI is InChI=1S/C14H23ClO3/c1-4-11(13(15)16)9-7-8-10-12(5-2)14(17)18-6-3/h7-8,11-12H,4-6,9-10H2,1-3H3. The molecule has 2 atom stereocenters. The molecule has 3 nitrogen and oxygen atoms in total. The fraction of sp³-hybridized carbons (Fsp3) is 0.714. The molecule has 0 aromatic rings. The Kier molecular flexibility index (Phi) is 9.66. The summed E-state index contributed by atoms with van der Waals surface area (Å²) in [7, 11) is 0. The summed E-state index contributed by atoms with van der Waals surface area (Å²) in [6, 6.07) is 0. The van der Waals surface area contributed by atoms with Crippen LogP contribution in [0.15, 0.2) is 12.2 Å². The van der Waals surface area contributed by atoms with Gasteiger partial charge in [-0.2, -0.15) is 0 Å². The first kappa shape index (κ1) is 17.2. The van der Waals surface area contributed by atoms with Crippen molar-refractivity contribution in [1.82, 2.24) is 0 Å². The van der Waals surface area contributed by atoms with Crippen LogP contribution < -0.4 is 0 Å². The molecule has 0 saturated heterocycles. The van der Waals surface area contributed by atoms with Crippen molar-refractivity contribution in [2.45, 2.75) is 46.5 Å². The lowest BCUT2D eigenvalue weighted by Gasteiger charge is -2.11. The molecule has 0 radical (unpaired) electrons. The van der Waals surface area contributed by atoms with E-state index in [9.17, 15) is 9.59 Å². The molecular weight excluding hydrogens is 252 g/mol. The second-order valence-electron chi connectivity index (χ2n) is 4.21. The SMILES string of the molecule is CCOC(=O)C(CC)CC=CCC(CC)C(=O)Cl. The normalized spacial score (nSPS) is 14.4. The molecule has 0 fully saturated rings. The van der Waals surface area contributed by atoms with Crippen molar-refractivity contribution < 1.29 is 14.3 Å². The fourth-order valence-corrected chi connectivity index (χ4v) is 1.87. The predicted molar refractivity (Wildman–Crippen MR) is 73.4 cm³/mol. The van der Waals surface area contributed by atoms with Gasteiger partial charge in [0.1, 0.15) is 0 Å². The maximum absolute atomic E-state index is 11.5. The summed E-state index contributed by atoms with van der Waals surface area (Å²) in [6.07, 6.45) is 6.65. The average Bonchev–Trinajstić information content (AvgIpc) is 2.33. The first-order chi connectivity index (χ1) is 8.56. The molecule has 0 aliphatic heterocycles. The third-order valence-electron chi connectivity index (χ3n) is 2.93. The summed E-state index contributed by atoms with van der Waals surface area (Å²) < 4.78 is 4.98. The molecule has 0 amide bonds. The Morgan fingerprint density at radius 2 is 1.56 bits per heavy atom. The van der Waals surface area contributed by atoms with Crippen LogP contribution in [-0.4, -0.2) is 17.8 Å². The highest BCUT2D eigenvalue weighted by Gasteiger charge is 2.16. The first-order valence-corrected chi connectivity index (χ1v) is 6.95. The van der Waals surface area contributed by atoms with Gasteiger partial charge in [-0.1, -0.05) is 26.0 Å². The Bertz CT molecular complexity index is 287. The van der Waals surface area contributed by atoms with Gasteiger partial charge >= 0.3 is 5.97 Å². The van der Waals surface area contributed by atoms with Crippen LogP contribution in [0, 0.1) is 11.8 Å². The van der Waals surface area contributed by atoms with Crippen molar-refractivity contribution in [3.8, 4) is 0 Å². The zero-order valence-electron chi connectivity index (χ0n) is 11.4. The van der Waals surface area contributed by atoms with Crippen LogP contribution >= 0.6 is 11.6 Å². The monoisotopic (exact) mass is 274 g/mol. The van der Waals surface area contributed by atoms with E-state index in [4.69, 9.17) is 16.3 Å². The molecule has 18 heavy (non-hydrogen) atoms. The lowest BCUT2D eigenvalue weighted by molar-refractivity contribution is -0.148. The largest absolute Gasteiger partial charge is 0.466 e. The average molecular weight is 275 g/mol. The van der Waals surface area contributed by atoms with E-state index in [0.717, 1.165) is 12.8 Å². The molecule has 0 N–H and O–H groups in total. The molecule has 0 aliphatic rings. The van der Waals surface area contributed by atoms with Gasteiger partial charge in [0.05, 0.1) is 12.5 Å². The molecule has 0 bridgehead atoms. The Balaban J connectivity index is 4.12. The Morgan fingerprint density at radius 1 is 1.06 bits per heavy atom. The van der Waals surface area contributed by atoms with Gasteiger partial charge in [-0.05, 0) is 44.2 Å². The van der Waals surface area contributed by atoms with Gasteiger partial charge in [0, 0.05) is 5.92 Å². The lowest BCUT2D eigenvalue weighted by atomic mass is 10.00. The minimum Gasteiger partial charge on any atom is -0.466 e. The van der Waals surface area contributed by atoms with E-state index in [1.54, 1.807) is 6.92 Å². The van der Waals surface area contributed by atoms with Crippen LogP contribution in [0.4, 0.5) is 0 Å². The Morgan fingerprint density at radius 3 is 1.94 bits per heavy atom. The van der Waals surface area contributed by atoms with E-state index in [-0.39, 0.29) is 23.0 Å². The van der Waals surface area contributed by atoms with Crippen LogP contribution in [-0.2, 0) is 14.3 Å². The molecule has 0 spiro atoms. The van der Waals surface area contributed by atoms with Crippen molar-refractivity contribution in [3.05, 3.63) is 12.2 Å². The molecular formula is C14H23ClO3. The van der Waals surface area contributed by atoms with Crippen LogP contribution in [0.2, 0.25) is 0 Å². The summed E-state index contributed by atoms with van der Waals surface area (Å²) in [5.74, 6) is -0.358. The van der Waals surface area contributed by atoms with Gasteiger partial charge in [-0.3, -0.25) is 9.59 Å². The Labute approximate surface area is 115 Å². The molecule has 0 heterocycles. The van der Waals surface area contributed by atoms with Crippen molar-refractivity contribution in [3.63, 3.8) is 0 Å². The molecule has 4 heteroatoms. The molecule has 0 rings (SSSR count). The van der Waals surface area contributed by atoms with Gasteiger partial charge < -0.3 is 4.74 Å². The zero-order valence-corrected chi connectivity index (χ0v) is 12.2. The summed E-state index contributed by atoms with van der Waals surface area (Å²) in [4.78, 5) is 22.5. The number of halogens is 1. The second kappa shape index (κ2) is 10.1.